The normalized spacial score (nSPS) is 12.1. The lowest BCUT2D eigenvalue weighted by atomic mass is 9.94. The van der Waals surface area contributed by atoms with Crippen molar-refractivity contribution in [3.63, 3.8) is 0 Å². The highest BCUT2D eigenvalue weighted by atomic mass is 16.5. The summed E-state index contributed by atoms with van der Waals surface area (Å²) in [6, 6.07) is 0. The van der Waals surface area contributed by atoms with Crippen LogP contribution in [0.2, 0.25) is 0 Å². The molecule has 0 aliphatic rings. The molecule has 0 aromatic carbocycles. The van der Waals surface area contributed by atoms with Crippen molar-refractivity contribution in [2.24, 2.45) is 5.92 Å². The van der Waals surface area contributed by atoms with Gasteiger partial charge in [-0.2, -0.15) is 0 Å². The van der Waals surface area contributed by atoms with Crippen LogP contribution in [0.1, 0.15) is 150 Å². The van der Waals surface area contributed by atoms with E-state index in [4.69, 9.17) is 9.47 Å². The highest BCUT2D eigenvalue weighted by Crippen LogP contribution is 2.20. The molecule has 0 saturated carbocycles. The lowest BCUT2D eigenvalue weighted by Gasteiger charge is -2.24. The molecule has 1 atom stereocenters. The van der Waals surface area contributed by atoms with E-state index in [9.17, 15) is 14.4 Å². The van der Waals surface area contributed by atoms with E-state index < -0.39 is 0 Å². The first-order chi connectivity index (χ1) is 20.9. The van der Waals surface area contributed by atoms with Crippen LogP contribution in [0, 0.1) is 5.92 Å². The summed E-state index contributed by atoms with van der Waals surface area (Å²) >= 11 is 0. The highest BCUT2D eigenvalue weighted by Gasteiger charge is 2.21. The third-order valence-corrected chi connectivity index (χ3v) is 7.94. The summed E-state index contributed by atoms with van der Waals surface area (Å²) in [6.07, 6.45) is 23.5. The smallest absolute Gasteiger partial charge is 0.308 e. The van der Waals surface area contributed by atoms with Gasteiger partial charge in [0, 0.05) is 19.4 Å². The second-order valence-corrected chi connectivity index (χ2v) is 12.1. The van der Waals surface area contributed by atoms with Gasteiger partial charge in [-0.1, -0.05) is 104 Å². The molecule has 0 spiro atoms. The van der Waals surface area contributed by atoms with Gasteiger partial charge in [-0.05, 0) is 58.5 Å². The fourth-order valence-corrected chi connectivity index (χ4v) is 5.20. The second-order valence-electron chi connectivity index (χ2n) is 12.1. The molecular formula is C36H68N2O5. The number of nitrogens with zero attached hydrogens (tertiary/aromatic N) is 2. The van der Waals surface area contributed by atoms with E-state index in [0.717, 1.165) is 70.8 Å². The maximum Gasteiger partial charge on any atom is 0.308 e. The maximum absolute atomic E-state index is 13.1. The van der Waals surface area contributed by atoms with Crippen LogP contribution < -0.4 is 0 Å². The van der Waals surface area contributed by atoms with Crippen molar-refractivity contribution in [2.45, 2.75) is 150 Å². The van der Waals surface area contributed by atoms with Gasteiger partial charge in [0.05, 0.1) is 19.0 Å². The topological polar surface area (TPSA) is 76.1 Å². The lowest BCUT2D eigenvalue weighted by Crippen LogP contribution is -2.39. The Balaban J connectivity index is 4.87. The predicted molar refractivity (Wildman–Crippen MR) is 179 cm³/mol. The fourth-order valence-electron chi connectivity index (χ4n) is 5.20. The zero-order valence-electron chi connectivity index (χ0n) is 28.8. The number of rotatable bonds is 30. The minimum atomic E-state index is -0.221. The first kappa shape index (κ1) is 41.1. The molecule has 0 saturated heterocycles. The number of ether oxygens (including phenoxy) is 2. The van der Waals surface area contributed by atoms with E-state index in [2.05, 4.69) is 44.7 Å². The van der Waals surface area contributed by atoms with Crippen molar-refractivity contribution in [2.75, 3.05) is 46.4 Å². The zero-order valence-corrected chi connectivity index (χ0v) is 28.8. The summed E-state index contributed by atoms with van der Waals surface area (Å²) in [6.45, 7) is 11.3. The molecule has 0 bridgehead atoms. The van der Waals surface area contributed by atoms with E-state index >= 15 is 0 Å². The zero-order chi connectivity index (χ0) is 32.0. The average molecular weight is 609 g/mol. The van der Waals surface area contributed by atoms with Crippen LogP contribution in [-0.2, 0) is 23.9 Å². The number of carbonyl (C=O) groups excluding carboxylic acids is 3. The molecule has 7 nitrogen and oxygen atoms in total. The summed E-state index contributed by atoms with van der Waals surface area (Å²) in [7, 11) is 2.02. The molecule has 1 unspecified atom stereocenters. The van der Waals surface area contributed by atoms with E-state index in [0.29, 0.717) is 32.5 Å². The van der Waals surface area contributed by atoms with Crippen molar-refractivity contribution in [1.82, 2.24) is 9.80 Å². The van der Waals surface area contributed by atoms with Crippen molar-refractivity contribution in [1.29, 1.82) is 0 Å². The highest BCUT2D eigenvalue weighted by molar-refractivity contribution is 5.76. The van der Waals surface area contributed by atoms with Crippen molar-refractivity contribution in [3.05, 3.63) is 12.2 Å². The first-order valence-corrected chi connectivity index (χ1v) is 17.8. The van der Waals surface area contributed by atoms with E-state index in [1.165, 1.54) is 44.9 Å². The van der Waals surface area contributed by atoms with Gasteiger partial charge in [0.2, 0.25) is 5.91 Å². The van der Waals surface area contributed by atoms with Gasteiger partial charge in [0.25, 0.3) is 0 Å². The maximum atomic E-state index is 13.1. The molecule has 0 aromatic heterocycles. The lowest BCUT2D eigenvalue weighted by molar-refractivity contribution is -0.151. The van der Waals surface area contributed by atoms with E-state index in [1.54, 1.807) is 4.90 Å². The van der Waals surface area contributed by atoms with Crippen LogP contribution in [0.3, 0.4) is 0 Å². The molecular weight excluding hydrogens is 540 g/mol. The predicted octanol–water partition coefficient (Wildman–Crippen LogP) is 8.50. The van der Waals surface area contributed by atoms with Crippen molar-refractivity contribution < 1.29 is 23.9 Å². The number of carbonyl (C=O) groups is 3. The molecule has 0 aromatic rings. The number of esters is 2. The second kappa shape index (κ2) is 30.1. The first-order valence-electron chi connectivity index (χ1n) is 17.8. The molecule has 43 heavy (non-hydrogen) atoms. The molecule has 0 rings (SSSR count). The Hall–Kier alpha value is -1.89. The van der Waals surface area contributed by atoms with Gasteiger partial charge in [-0.3, -0.25) is 14.4 Å². The summed E-state index contributed by atoms with van der Waals surface area (Å²) in [5, 5.41) is 0. The van der Waals surface area contributed by atoms with Gasteiger partial charge in [-0.25, -0.2) is 0 Å². The van der Waals surface area contributed by atoms with Crippen molar-refractivity contribution >= 4 is 17.8 Å². The Bertz CT molecular complexity index is 712. The number of hydrogen-bond donors (Lipinski definition) is 0. The fraction of sp³-hybridized carbons (Fsp3) is 0.861. The summed E-state index contributed by atoms with van der Waals surface area (Å²) in [5.74, 6) is -0.406. The Labute approximate surface area is 265 Å². The van der Waals surface area contributed by atoms with Crippen LogP contribution in [0.5, 0.6) is 0 Å². The van der Waals surface area contributed by atoms with Crippen LogP contribution in [0.4, 0.5) is 0 Å². The Morgan fingerprint density at radius 2 is 1.23 bits per heavy atom. The van der Waals surface area contributed by atoms with Gasteiger partial charge in [0.1, 0.15) is 13.2 Å². The molecule has 0 radical (unpaired) electrons. The molecule has 0 heterocycles. The minimum Gasteiger partial charge on any atom is -0.464 e. The molecule has 252 valence electrons. The van der Waals surface area contributed by atoms with Gasteiger partial charge in [-0.15, -0.1) is 0 Å². The third-order valence-electron chi connectivity index (χ3n) is 7.94. The quantitative estimate of drug-likeness (QED) is 0.0462. The van der Waals surface area contributed by atoms with Crippen LogP contribution >= 0.6 is 0 Å². The third kappa shape index (κ3) is 25.2. The van der Waals surface area contributed by atoms with Crippen LogP contribution in [0.25, 0.3) is 0 Å². The molecule has 0 aliphatic carbocycles. The number of unbranched alkanes of at least 4 members (excludes halogenated alkanes) is 10. The van der Waals surface area contributed by atoms with Crippen molar-refractivity contribution in [3.8, 4) is 0 Å². The number of amides is 1. The Morgan fingerprint density at radius 1 is 0.628 bits per heavy atom. The summed E-state index contributed by atoms with van der Waals surface area (Å²) in [5.41, 5.74) is 0. The molecule has 0 fully saturated rings. The molecule has 7 heteroatoms. The Morgan fingerprint density at radius 3 is 1.86 bits per heavy atom. The van der Waals surface area contributed by atoms with E-state index in [1.807, 2.05) is 7.05 Å². The van der Waals surface area contributed by atoms with Gasteiger partial charge in [0.15, 0.2) is 0 Å². The Kier molecular flexibility index (Phi) is 28.8. The molecule has 0 N–H and O–H groups in total. The number of hydrogen-bond acceptors (Lipinski definition) is 6. The van der Waals surface area contributed by atoms with Crippen LogP contribution in [-0.4, -0.2) is 74.1 Å². The standard InChI is InChI=1S/C36H68N2O5/c1-6-10-13-16-18-21-24-33(23-20-15-12-8-3)36(41)43-32-30-38(34(39)26-28-37(5)27-9-4)29-31-42-35(40)25-22-19-17-14-11-7-2/h11,14,33H,6-10,12-13,15-32H2,1-5H3/b14-11-. The number of allylic oxidation sites excluding steroid dienone is 2. The SMILES string of the molecule is CC/C=C\CCCCC(=O)OCCN(CCOC(=O)C(CCCCCC)CCCCCCCC)C(=O)CCN(C)CCC. The minimum absolute atomic E-state index is 0.000886. The van der Waals surface area contributed by atoms with Gasteiger partial charge < -0.3 is 19.3 Å². The summed E-state index contributed by atoms with van der Waals surface area (Å²) in [4.78, 5) is 42.3. The van der Waals surface area contributed by atoms with Crippen LogP contribution in [0.15, 0.2) is 12.2 Å². The summed E-state index contributed by atoms with van der Waals surface area (Å²) < 4.78 is 11.2. The van der Waals surface area contributed by atoms with Gasteiger partial charge >= 0.3 is 11.9 Å². The monoisotopic (exact) mass is 609 g/mol. The average Bonchev–Trinajstić information content (AvgIpc) is 2.99. The molecule has 1 amide bonds. The van der Waals surface area contributed by atoms with E-state index in [-0.39, 0.29) is 37.0 Å². The molecule has 0 aliphatic heterocycles. The largest absolute Gasteiger partial charge is 0.464 e.